The van der Waals surface area contributed by atoms with Crippen LogP contribution in [0.15, 0.2) is 35.1 Å². The zero-order valence-corrected chi connectivity index (χ0v) is 17.6. The third kappa shape index (κ3) is 4.26. The van der Waals surface area contributed by atoms with Crippen molar-refractivity contribution in [1.82, 2.24) is 9.97 Å². The minimum Gasteiger partial charge on any atom is -0.465 e. The first-order chi connectivity index (χ1) is 14.0. The number of aromatic nitrogens is 2. The second kappa shape index (κ2) is 8.47. The third-order valence-corrected chi connectivity index (χ3v) is 6.98. The number of fused-ring (bicyclic) bond motifs is 1. The molecule has 152 valence electrons. The predicted molar refractivity (Wildman–Crippen MR) is 114 cm³/mol. The van der Waals surface area contributed by atoms with Crippen LogP contribution >= 0.6 is 11.3 Å². The van der Waals surface area contributed by atoms with Gasteiger partial charge in [-0.25, -0.2) is 9.78 Å². The number of piperidine rings is 1. The molecule has 29 heavy (non-hydrogen) atoms. The Morgan fingerprint density at radius 1 is 1.28 bits per heavy atom. The van der Waals surface area contributed by atoms with Gasteiger partial charge in [0, 0.05) is 0 Å². The van der Waals surface area contributed by atoms with Crippen LogP contribution in [0.5, 0.6) is 0 Å². The standard InChI is InChI=1S/C22H25N3O3S/c1-14-18-20(26)23-17(24-21(18)29-19(14)22(27)28-2)13-25-10-8-16(9-11-25)12-15-6-4-3-5-7-15/h3-7,16H,8-13H2,1-2H3,(H,23,24,26)/p+1. The zero-order valence-electron chi connectivity index (χ0n) is 16.8. The lowest BCUT2D eigenvalue weighted by atomic mass is 9.90. The number of benzene rings is 1. The molecule has 1 saturated heterocycles. The first kappa shape index (κ1) is 19.8. The number of methoxy groups -OCH3 is 1. The monoisotopic (exact) mass is 412 g/mol. The van der Waals surface area contributed by atoms with Crippen molar-refractivity contribution >= 4 is 27.5 Å². The number of hydrogen-bond donors (Lipinski definition) is 2. The molecule has 4 rings (SSSR count). The molecule has 1 fully saturated rings. The first-order valence-electron chi connectivity index (χ1n) is 10.0. The number of H-pyrrole nitrogens is 1. The van der Waals surface area contributed by atoms with Crippen LogP contribution in [0.2, 0.25) is 0 Å². The van der Waals surface area contributed by atoms with Gasteiger partial charge in [-0.05, 0) is 43.2 Å². The van der Waals surface area contributed by atoms with Gasteiger partial charge in [0.05, 0.1) is 25.6 Å². The molecule has 0 amide bonds. The smallest absolute Gasteiger partial charge is 0.348 e. The van der Waals surface area contributed by atoms with E-state index in [1.54, 1.807) is 6.92 Å². The van der Waals surface area contributed by atoms with Crippen LogP contribution in [0.1, 0.15) is 39.5 Å². The molecule has 3 aromatic rings. The Morgan fingerprint density at radius 3 is 2.69 bits per heavy atom. The Morgan fingerprint density at radius 2 is 2.00 bits per heavy atom. The summed E-state index contributed by atoms with van der Waals surface area (Å²) in [6.45, 7) is 4.63. The van der Waals surface area contributed by atoms with Crippen LogP contribution in [-0.4, -0.2) is 36.1 Å². The van der Waals surface area contributed by atoms with Gasteiger partial charge in [0.25, 0.3) is 5.56 Å². The third-order valence-electron chi connectivity index (χ3n) is 5.82. The van der Waals surface area contributed by atoms with Gasteiger partial charge < -0.3 is 14.6 Å². The van der Waals surface area contributed by atoms with Gasteiger partial charge in [-0.2, -0.15) is 0 Å². The summed E-state index contributed by atoms with van der Waals surface area (Å²) in [4.78, 5) is 34.6. The fraction of sp³-hybridized carbons (Fsp3) is 0.409. The minimum atomic E-state index is -0.419. The summed E-state index contributed by atoms with van der Waals surface area (Å²) in [6.07, 6.45) is 3.50. The van der Waals surface area contributed by atoms with E-state index in [1.165, 1.54) is 41.8 Å². The topological polar surface area (TPSA) is 76.5 Å². The maximum atomic E-state index is 12.6. The zero-order chi connectivity index (χ0) is 20.4. The van der Waals surface area contributed by atoms with Crippen molar-refractivity contribution in [2.45, 2.75) is 32.7 Å². The highest BCUT2D eigenvalue weighted by Gasteiger charge is 2.24. The molecule has 0 spiro atoms. The molecular weight excluding hydrogens is 386 g/mol. The molecule has 0 atom stereocenters. The average Bonchev–Trinajstić information content (AvgIpc) is 3.06. The fourth-order valence-electron chi connectivity index (χ4n) is 4.21. The fourth-order valence-corrected chi connectivity index (χ4v) is 5.33. The van der Waals surface area contributed by atoms with Crippen molar-refractivity contribution in [3.05, 3.63) is 62.5 Å². The Hall–Kier alpha value is -2.51. The number of quaternary nitrogens is 1. The van der Waals surface area contributed by atoms with Crippen LogP contribution in [0.25, 0.3) is 10.2 Å². The number of likely N-dealkylation sites (tertiary alicyclic amines) is 1. The van der Waals surface area contributed by atoms with Crippen molar-refractivity contribution in [1.29, 1.82) is 0 Å². The van der Waals surface area contributed by atoms with E-state index >= 15 is 0 Å². The summed E-state index contributed by atoms with van der Waals surface area (Å²) < 4.78 is 4.82. The Bertz CT molecular complexity index is 1070. The molecular formula is C22H26N3O3S+. The lowest BCUT2D eigenvalue weighted by molar-refractivity contribution is -0.920. The molecule has 0 unspecified atom stereocenters. The highest BCUT2D eigenvalue weighted by atomic mass is 32.1. The highest BCUT2D eigenvalue weighted by molar-refractivity contribution is 7.20. The lowest BCUT2D eigenvalue weighted by Crippen LogP contribution is -3.11. The van der Waals surface area contributed by atoms with Gasteiger partial charge in [-0.1, -0.05) is 30.3 Å². The largest absolute Gasteiger partial charge is 0.465 e. The number of hydrogen-bond acceptors (Lipinski definition) is 5. The molecule has 3 heterocycles. The van der Waals surface area contributed by atoms with E-state index in [9.17, 15) is 9.59 Å². The second-order valence-electron chi connectivity index (χ2n) is 7.80. The molecule has 0 radical (unpaired) electrons. The van der Waals surface area contributed by atoms with E-state index in [4.69, 9.17) is 4.74 Å². The average molecular weight is 413 g/mol. The lowest BCUT2D eigenvalue weighted by Gasteiger charge is -2.29. The van der Waals surface area contributed by atoms with Crippen molar-refractivity contribution in [2.75, 3.05) is 20.2 Å². The summed E-state index contributed by atoms with van der Waals surface area (Å²) in [5.41, 5.74) is 1.88. The number of ether oxygens (including phenoxy) is 1. The van der Waals surface area contributed by atoms with E-state index in [2.05, 4.69) is 40.3 Å². The highest BCUT2D eigenvalue weighted by Crippen LogP contribution is 2.27. The molecule has 0 bridgehead atoms. The number of rotatable bonds is 5. The summed E-state index contributed by atoms with van der Waals surface area (Å²) in [7, 11) is 1.35. The van der Waals surface area contributed by atoms with Crippen molar-refractivity contribution in [3.8, 4) is 0 Å². The number of nitrogens with zero attached hydrogens (tertiary/aromatic N) is 1. The minimum absolute atomic E-state index is 0.174. The molecule has 2 N–H and O–H groups in total. The maximum Gasteiger partial charge on any atom is 0.348 e. The van der Waals surface area contributed by atoms with E-state index in [0.717, 1.165) is 25.4 Å². The van der Waals surface area contributed by atoms with E-state index in [-0.39, 0.29) is 5.56 Å². The summed E-state index contributed by atoms with van der Waals surface area (Å²) >= 11 is 1.23. The molecule has 0 saturated carbocycles. The second-order valence-corrected chi connectivity index (χ2v) is 8.80. The Kier molecular flexibility index (Phi) is 5.78. The number of esters is 1. The molecule has 2 aromatic heterocycles. The van der Waals surface area contributed by atoms with Crippen LogP contribution in [-0.2, 0) is 17.7 Å². The number of aromatic amines is 1. The Labute approximate surface area is 173 Å². The van der Waals surface area contributed by atoms with Crippen LogP contribution < -0.4 is 10.5 Å². The molecule has 0 aliphatic carbocycles. The van der Waals surface area contributed by atoms with E-state index in [0.29, 0.717) is 33.0 Å². The summed E-state index contributed by atoms with van der Waals surface area (Å²) in [5.74, 6) is 0.993. The quantitative estimate of drug-likeness (QED) is 0.630. The van der Waals surface area contributed by atoms with E-state index in [1.807, 2.05) is 0 Å². The van der Waals surface area contributed by atoms with Gasteiger partial charge in [0.2, 0.25) is 0 Å². The summed E-state index contributed by atoms with van der Waals surface area (Å²) in [5, 5.41) is 0.496. The maximum absolute atomic E-state index is 12.6. The normalized spacial score (nSPS) is 19.4. The SMILES string of the molecule is COC(=O)c1sc2nc(C[NH+]3CCC(Cc4ccccc4)CC3)[nH]c(=O)c2c1C. The molecule has 1 aliphatic rings. The van der Waals surface area contributed by atoms with E-state index < -0.39 is 5.97 Å². The van der Waals surface area contributed by atoms with Gasteiger partial charge in [0.1, 0.15) is 16.3 Å². The summed E-state index contributed by atoms with van der Waals surface area (Å²) in [6, 6.07) is 10.7. The molecule has 1 aromatic carbocycles. The van der Waals surface area contributed by atoms with Gasteiger partial charge in [-0.3, -0.25) is 4.79 Å². The number of thiophene rings is 1. The number of nitrogens with one attached hydrogen (secondary N) is 2. The number of carbonyl (C=O) groups excluding carboxylic acids is 1. The van der Waals surface area contributed by atoms with Gasteiger partial charge in [-0.15, -0.1) is 11.3 Å². The van der Waals surface area contributed by atoms with Crippen LogP contribution in [0.3, 0.4) is 0 Å². The van der Waals surface area contributed by atoms with Gasteiger partial charge in [0.15, 0.2) is 5.82 Å². The predicted octanol–water partition coefficient (Wildman–Crippen LogP) is 2.12. The van der Waals surface area contributed by atoms with Gasteiger partial charge >= 0.3 is 5.97 Å². The van der Waals surface area contributed by atoms with Crippen molar-refractivity contribution < 1.29 is 14.4 Å². The van der Waals surface area contributed by atoms with Crippen molar-refractivity contribution in [2.24, 2.45) is 5.92 Å². The molecule has 1 aliphatic heterocycles. The number of aryl methyl sites for hydroxylation is 1. The van der Waals surface area contributed by atoms with Crippen molar-refractivity contribution in [3.63, 3.8) is 0 Å². The number of carbonyl (C=O) groups is 1. The molecule has 6 nitrogen and oxygen atoms in total. The Balaban J connectivity index is 1.43. The van der Waals surface area contributed by atoms with Crippen LogP contribution in [0.4, 0.5) is 0 Å². The first-order valence-corrected chi connectivity index (χ1v) is 10.8. The van der Waals surface area contributed by atoms with Crippen LogP contribution in [0, 0.1) is 12.8 Å². The molecule has 7 heteroatoms.